The van der Waals surface area contributed by atoms with Crippen LogP contribution in [0.1, 0.15) is 65.2 Å². The highest BCUT2D eigenvalue weighted by Crippen LogP contribution is 2.44. The normalized spacial score (nSPS) is 23.3. The smallest absolute Gasteiger partial charge is 0.00954 e. The van der Waals surface area contributed by atoms with Gasteiger partial charge >= 0.3 is 0 Å². The largest absolute Gasteiger partial charge is 0.327 e. The van der Waals surface area contributed by atoms with Gasteiger partial charge < -0.3 is 5.73 Å². The molecule has 1 nitrogen and oxygen atoms in total. The van der Waals surface area contributed by atoms with E-state index in [-0.39, 0.29) is 0 Å². The third-order valence-corrected chi connectivity index (χ3v) is 3.96. The molecule has 1 fully saturated rings. The minimum absolute atomic E-state index is 0.472. The minimum atomic E-state index is 0.472. The van der Waals surface area contributed by atoms with Crippen molar-refractivity contribution in [2.24, 2.45) is 11.1 Å². The van der Waals surface area contributed by atoms with Crippen LogP contribution < -0.4 is 5.73 Å². The van der Waals surface area contributed by atoms with Gasteiger partial charge in [-0.1, -0.05) is 39.5 Å². The molecule has 0 aliphatic heterocycles. The number of rotatable bonds is 5. The molecule has 1 unspecified atom stereocenters. The average molecular weight is 183 g/mol. The lowest BCUT2D eigenvalue weighted by Crippen LogP contribution is -2.39. The summed E-state index contributed by atoms with van der Waals surface area (Å²) in [6.45, 7) is 4.57. The van der Waals surface area contributed by atoms with Gasteiger partial charge in [0.15, 0.2) is 0 Å². The molecule has 1 saturated carbocycles. The zero-order valence-electron chi connectivity index (χ0n) is 9.31. The highest BCUT2D eigenvalue weighted by molar-refractivity contribution is 4.91. The average Bonchev–Trinajstić information content (AvgIpc) is 2.63. The van der Waals surface area contributed by atoms with Crippen LogP contribution in [0, 0.1) is 5.41 Å². The van der Waals surface area contributed by atoms with E-state index in [9.17, 15) is 0 Å². The summed E-state index contributed by atoms with van der Waals surface area (Å²) < 4.78 is 0. The molecule has 1 rings (SSSR count). The predicted molar refractivity (Wildman–Crippen MR) is 58.7 cm³/mol. The molecule has 1 heteroatoms. The van der Waals surface area contributed by atoms with Gasteiger partial charge in [-0.15, -0.1) is 0 Å². The first-order valence-electron chi connectivity index (χ1n) is 6.01. The number of hydrogen-bond donors (Lipinski definition) is 1. The highest BCUT2D eigenvalue weighted by atomic mass is 14.7. The maximum atomic E-state index is 6.31. The van der Waals surface area contributed by atoms with Gasteiger partial charge in [-0.2, -0.15) is 0 Å². The molecule has 1 atom stereocenters. The molecule has 0 radical (unpaired) electrons. The Kier molecular flexibility index (Phi) is 4.24. The molecule has 78 valence electrons. The molecule has 0 aromatic rings. The van der Waals surface area contributed by atoms with Crippen LogP contribution in [-0.2, 0) is 0 Å². The number of hydrogen-bond acceptors (Lipinski definition) is 1. The molecule has 0 aromatic carbocycles. The van der Waals surface area contributed by atoms with Gasteiger partial charge in [0.05, 0.1) is 0 Å². The fourth-order valence-corrected chi connectivity index (χ4v) is 2.80. The first-order valence-corrected chi connectivity index (χ1v) is 6.01. The summed E-state index contributed by atoms with van der Waals surface area (Å²) in [4.78, 5) is 0. The van der Waals surface area contributed by atoms with Crippen LogP contribution in [0.2, 0.25) is 0 Å². The standard InChI is InChI=1S/C12H25N/c1-3-5-8-11(13)12(4-2)9-6-7-10-12/h11H,3-10,13H2,1-2H3. The summed E-state index contributed by atoms with van der Waals surface area (Å²) in [5.41, 5.74) is 6.83. The Morgan fingerprint density at radius 2 is 1.85 bits per heavy atom. The van der Waals surface area contributed by atoms with Crippen LogP contribution in [0.25, 0.3) is 0 Å². The van der Waals surface area contributed by atoms with Gasteiger partial charge in [0.1, 0.15) is 0 Å². The summed E-state index contributed by atoms with van der Waals surface area (Å²) in [7, 11) is 0. The summed E-state index contributed by atoms with van der Waals surface area (Å²) in [6, 6.07) is 0.472. The number of nitrogens with two attached hydrogens (primary N) is 1. The van der Waals surface area contributed by atoms with Crippen LogP contribution in [0.5, 0.6) is 0 Å². The van der Waals surface area contributed by atoms with Crippen LogP contribution in [-0.4, -0.2) is 6.04 Å². The van der Waals surface area contributed by atoms with E-state index < -0.39 is 0 Å². The van der Waals surface area contributed by atoms with E-state index in [1.165, 1.54) is 51.4 Å². The predicted octanol–water partition coefficient (Wildman–Crippen LogP) is 3.47. The Balaban J connectivity index is 2.44. The van der Waals surface area contributed by atoms with E-state index in [4.69, 9.17) is 5.73 Å². The molecule has 0 heterocycles. The molecular weight excluding hydrogens is 158 g/mol. The van der Waals surface area contributed by atoms with Crippen molar-refractivity contribution in [3.8, 4) is 0 Å². The van der Waals surface area contributed by atoms with Crippen molar-refractivity contribution in [1.29, 1.82) is 0 Å². The quantitative estimate of drug-likeness (QED) is 0.694. The molecule has 13 heavy (non-hydrogen) atoms. The van der Waals surface area contributed by atoms with Crippen LogP contribution in [0.3, 0.4) is 0 Å². The second-order valence-corrected chi connectivity index (χ2v) is 4.67. The number of unbranched alkanes of at least 4 members (excludes halogenated alkanes) is 1. The maximum absolute atomic E-state index is 6.31. The summed E-state index contributed by atoms with van der Waals surface area (Å²) in [6.07, 6.45) is 10.7. The van der Waals surface area contributed by atoms with Gasteiger partial charge in [-0.3, -0.25) is 0 Å². The molecule has 0 spiro atoms. The Labute approximate surface area is 83.1 Å². The summed E-state index contributed by atoms with van der Waals surface area (Å²) >= 11 is 0. The van der Waals surface area contributed by atoms with Crippen molar-refractivity contribution < 1.29 is 0 Å². The van der Waals surface area contributed by atoms with Crippen molar-refractivity contribution in [1.82, 2.24) is 0 Å². The molecule has 0 aromatic heterocycles. The van der Waals surface area contributed by atoms with E-state index in [0.29, 0.717) is 11.5 Å². The first kappa shape index (κ1) is 11.0. The molecule has 1 aliphatic carbocycles. The molecule has 0 amide bonds. The second kappa shape index (κ2) is 4.99. The summed E-state index contributed by atoms with van der Waals surface area (Å²) in [5.74, 6) is 0. The van der Waals surface area contributed by atoms with E-state index in [1.807, 2.05) is 0 Å². The third-order valence-electron chi connectivity index (χ3n) is 3.96. The van der Waals surface area contributed by atoms with Crippen molar-refractivity contribution >= 4 is 0 Å². The fraction of sp³-hybridized carbons (Fsp3) is 1.00. The molecular formula is C12H25N. The van der Waals surface area contributed by atoms with Crippen molar-refractivity contribution in [3.63, 3.8) is 0 Å². The van der Waals surface area contributed by atoms with Gasteiger partial charge in [-0.25, -0.2) is 0 Å². The molecule has 0 bridgehead atoms. The lowest BCUT2D eigenvalue weighted by molar-refractivity contribution is 0.208. The monoisotopic (exact) mass is 183 g/mol. The minimum Gasteiger partial charge on any atom is -0.327 e. The van der Waals surface area contributed by atoms with Crippen LogP contribution in [0.15, 0.2) is 0 Å². The van der Waals surface area contributed by atoms with Crippen LogP contribution in [0.4, 0.5) is 0 Å². The highest BCUT2D eigenvalue weighted by Gasteiger charge is 2.36. The SMILES string of the molecule is CCCCC(N)C1(CC)CCCC1. The van der Waals surface area contributed by atoms with Crippen molar-refractivity contribution in [2.75, 3.05) is 0 Å². The Bertz CT molecular complexity index is 136. The molecule has 1 aliphatic rings. The van der Waals surface area contributed by atoms with Gasteiger partial charge in [-0.05, 0) is 31.1 Å². The Hall–Kier alpha value is -0.0400. The van der Waals surface area contributed by atoms with E-state index >= 15 is 0 Å². The van der Waals surface area contributed by atoms with Crippen molar-refractivity contribution in [3.05, 3.63) is 0 Å². The maximum Gasteiger partial charge on any atom is 0.00954 e. The zero-order chi connectivity index (χ0) is 9.73. The van der Waals surface area contributed by atoms with Gasteiger partial charge in [0.2, 0.25) is 0 Å². The Morgan fingerprint density at radius 1 is 1.23 bits per heavy atom. The lowest BCUT2D eigenvalue weighted by atomic mass is 9.75. The molecule has 0 saturated heterocycles. The second-order valence-electron chi connectivity index (χ2n) is 4.67. The van der Waals surface area contributed by atoms with Gasteiger partial charge in [0, 0.05) is 6.04 Å². The van der Waals surface area contributed by atoms with Crippen molar-refractivity contribution in [2.45, 2.75) is 71.3 Å². The Morgan fingerprint density at radius 3 is 2.31 bits per heavy atom. The fourth-order valence-electron chi connectivity index (χ4n) is 2.80. The van der Waals surface area contributed by atoms with Gasteiger partial charge in [0.25, 0.3) is 0 Å². The van der Waals surface area contributed by atoms with E-state index in [1.54, 1.807) is 0 Å². The molecule has 2 N–H and O–H groups in total. The lowest BCUT2D eigenvalue weighted by Gasteiger charge is -2.34. The van der Waals surface area contributed by atoms with E-state index in [0.717, 1.165) is 0 Å². The van der Waals surface area contributed by atoms with E-state index in [2.05, 4.69) is 13.8 Å². The first-order chi connectivity index (χ1) is 6.25. The third kappa shape index (κ3) is 2.46. The summed E-state index contributed by atoms with van der Waals surface area (Å²) in [5, 5.41) is 0. The zero-order valence-corrected chi connectivity index (χ0v) is 9.31. The topological polar surface area (TPSA) is 26.0 Å². The van der Waals surface area contributed by atoms with Crippen LogP contribution >= 0.6 is 0 Å².